The highest BCUT2D eigenvalue weighted by Gasteiger charge is 2.11. The highest BCUT2D eigenvalue weighted by Crippen LogP contribution is 2.23. The zero-order valence-corrected chi connectivity index (χ0v) is 8.72. The lowest BCUT2D eigenvalue weighted by molar-refractivity contribution is 0.712. The van der Waals surface area contributed by atoms with Gasteiger partial charge in [0.05, 0.1) is 0 Å². The quantitative estimate of drug-likeness (QED) is 0.593. The van der Waals surface area contributed by atoms with Gasteiger partial charge >= 0.3 is 0 Å². The number of hydrogen-bond acceptors (Lipinski definition) is 1. The Morgan fingerprint density at radius 1 is 1.36 bits per heavy atom. The molecule has 0 unspecified atom stereocenters. The molecule has 1 nitrogen and oxygen atoms in total. The van der Waals surface area contributed by atoms with E-state index in [1.807, 2.05) is 6.07 Å². The summed E-state index contributed by atoms with van der Waals surface area (Å²) in [4.78, 5) is 4.14. The molecule has 1 aliphatic carbocycles. The predicted octanol–water partition coefficient (Wildman–Crippen LogP) is 3.28. The second-order valence-corrected chi connectivity index (χ2v) is 4.05. The van der Waals surface area contributed by atoms with Gasteiger partial charge in [-0.25, -0.2) is 4.98 Å². The molecule has 1 fully saturated rings. The fourth-order valence-corrected chi connectivity index (χ4v) is 1.88. The van der Waals surface area contributed by atoms with E-state index in [2.05, 4.69) is 16.8 Å². The van der Waals surface area contributed by atoms with Gasteiger partial charge in [0.15, 0.2) is 0 Å². The lowest BCUT2D eigenvalue weighted by Crippen LogP contribution is -1.87. The van der Waals surface area contributed by atoms with Crippen molar-refractivity contribution in [1.82, 2.24) is 4.98 Å². The summed E-state index contributed by atoms with van der Waals surface area (Å²) in [6, 6.07) is 3.58. The van der Waals surface area contributed by atoms with Crippen molar-refractivity contribution < 1.29 is 0 Å². The van der Waals surface area contributed by atoms with Gasteiger partial charge in [-0.15, -0.1) is 0 Å². The van der Waals surface area contributed by atoms with Crippen LogP contribution in [0.4, 0.5) is 0 Å². The van der Waals surface area contributed by atoms with Crippen LogP contribution in [0, 0.1) is 17.8 Å². The first-order valence-electron chi connectivity index (χ1n) is 4.98. The highest BCUT2D eigenvalue weighted by atomic mass is 35.5. The third-order valence-electron chi connectivity index (χ3n) is 2.48. The van der Waals surface area contributed by atoms with Crippen LogP contribution in [0.25, 0.3) is 0 Å². The Morgan fingerprint density at radius 3 is 2.86 bits per heavy atom. The molecule has 0 radical (unpaired) electrons. The van der Waals surface area contributed by atoms with Crippen LogP contribution in [-0.4, -0.2) is 4.98 Å². The summed E-state index contributed by atoms with van der Waals surface area (Å²) in [5.41, 5.74) is 0.782. The number of hydrogen-bond donors (Lipinski definition) is 0. The van der Waals surface area contributed by atoms with Crippen molar-refractivity contribution in [3.8, 4) is 11.8 Å². The van der Waals surface area contributed by atoms with Gasteiger partial charge in [-0.1, -0.05) is 30.4 Å². The van der Waals surface area contributed by atoms with E-state index in [-0.39, 0.29) is 0 Å². The van der Waals surface area contributed by atoms with Gasteiger partial charge in [0.25, 0.3) is 0 Å². The second-order valence-electron chi connectivity index (χ2n) is 3.61. The highest BCUT2D eigenvalue weighted by molar-refractivity contribution is 6.30. The average Bonchev–Trinajstić information content (AvgIpc) is 2.67. The molecular weight excluding hydrogens is 194 g/mol. The molecule has 0 bridgehead atoms. The molecule has 14 heavy (non-hydrogen) atoms. The molecule has 0 amide bonds. The number of pyridine rings is 1. The Balaban J connectivity index is 2.08. The largest absolute Gasteiger partial charge is 0.248 e. The van der Waals surface area contributed by atoms with E-state index >= 15 is 0 Å². The molecule has 1 heterocycles. The Bertz CT molecular complexity index is 369. The summed E-state index contributed by atoms with van der Waals surface area (Å²) < 4.78 is 0. The minimum absolute atomic E-state index is 0.579. The van der Waals surface area contributed by atoms with Crippen LogP contribution in [0.1, 0.15) is 31.4 Å². The van der Waals surface area contributed by atoms with Gasteiger partial charge in [0.2, 0.25) is 0 Å². The van der Waals surface area contributed by atoms with E-state index in [0.29, 0.717) is 10.9 Å². The molecule has 1 saturated carbocycles. The molecule has 1 aromatic heterocycles. The minimum atomic E-state index is 0.579. The van der Waals surface area contributed by atoms with E-state index in [1.165, 1.54) is 25.7 Å². The van der Waals surface area contributed by atoms with Crippen LogP contribution < -0.4 is 0 Å². The lowest BCUT2D eigenvalue weighted by Gasteiger charge is -1.95. The maximum absolute atomic E-state index is 5.83. The Hall–Kier alpha value is -1.00. The third kappa shape index (κ3) is 2.49. The van der Waals surface area contributed by atoms with E-state index in [9.17, 15) is 0 Å². The lowest BCUT2D eigenvalue weighted by atomic mass is 10.1. The van der Waals surface area contributed by atoms with Crippen LogP contribution in [0.2, 0.25) is 5.02 Å². The van der Waals surface area contributed by atoms with Crippen molar-refractivity contribution >= 4 is 11.6 Å². The molecule has 0 N–H and O–H groups in total. The third-order valence-corrected chi connectivity index (χ3v) is 2.72. The van der Waals surface area contributed by atoms with E-state index in [0.717, 1.165) is 5.69 Å². The van der Waals surface area contributed by atoms with Crippen molar-refractivity contribution in [3.63, 3.8) is 0 Å². The molecule has 1 aliphatic rings. The first-order chi connectivity index (χ1) is 6.84. The first kappa shape index (κ1) is 9.55. The fourth-order valence-electron chi connectivity index (χ4n) is 1.72. The summed E-state index contributed by atoms with van der Waals surface area (Å²) >= 11 is 5.83. The maximum Gasteiger partial charge on any atom is 0.114 e. The summed E-state index contributed by atoms with van der Waals surface area (Å²) in [7, 11) is 0. The van der Waals surface area contributed by atoms with Crippen LogP contribution >= 0.6 is 11.6 Å². The van der Waals surface area contributed by atoms with Crippen molar-refractivity contribution in [2.24, 2.45) is 5.92 Å². The summed E-state index contributed by atoms with van der Waals surface area (Å²) in [5, 5.41) is 0.704. The molecule has 2 rings (SSSR count). The standard InChI is InChI=1S/C12H12ClN/c13-11-7-8-14-12(9-11)6-5-10-3-1-2-4-10/h7-10H,1-4H2. The minimum Gasteiger partial charge on any atom is -0.248 e. The molecule has 0 spiro atoms. The van der Waals surface area contributed by atoms with Gasteiger partial charge in [-0.05, 0) is 30.9 Å². The van der Waals surface area contributed by atoms with E-state index in [4.69, 9.17) is 11.6 Å². The topological polar surface area (TPSA) is 12.9 Å². The normalized spacial score (nSPS) is 16.4. The molecule has 2 heteroatoms. The average molecular weight is 206 g/mol. The Labute approximate surface area is 89.5 Å². The van der Waals surface area contributed by atoms with Gasteiger partial charge in [0.1, 0.15) is 5.69 Å². The van der Waals surface area contributed by atoms with Gasteiger partial charge < -0.3 is 0 Å². The summed E-state index contributed by atoms with van der Waals surface area (Å²) in [6.07, 6.45) is 6.83. The summed E-state index contributed by atoms with van der Waals surface area (Å²) in [5.74, 6) is 6.92. The van der Waals surface area contributed by atoms with Gasteiger partial charge in [-0.3, -0.25) is 0 Å². The maximum atomic E-state index is 5.83. The number of nitrogens with zero attached hydrogens (tertiary/aromatic N) is 1. The molecule has 0 aromatic carbocycles. The van der Waals surface area contributed by atoms with Crippen LogP contribution in [0.15, 0.2) is 18.3 Å². The van der Waals surface area contributed by atoms with Crippen LogP contribution in [0.3, 0.4) is 0 Å². The molecular formula is C12H12ClN. The van der Waals surface area contributed by atoms with Crippen molar-refractivity contribution in [3.05, 3.63) is 29.0 Å². The first-order valence-corrected chi connectivity index (χ1v) is 5.35. The molecule has 0 saturated heterocycles. The van der Waals surface area contributed by atoms with E-state index < -0.39 is 0 Å². The van der Waals surface area contributed by atoms with Gasteiger partial charge in [-0.2, -0.15) is 0 Å². The molecule has 0 atom stereocenters. The number of rotatable bonds is 0. The predicted molar refractivity (Wildman–Crippen MR) is 58.1 cm³/mol. The summed E-state index contributed by atoms with van der Waals surface area (Å²) in [6.45, 7) is 0. The molecule has 0 aliphatic heterocycles. The van der Waals surface area contributed by atoms with Crippen molar-refractivity contribution in [2.75, 3.05) is 0 Å². The molecule has 1 aromatic rings. The van der Waals surface area contributed by atoms with Crippen molar-refractivity contribution in [2.45, 2.75) is 25.7 Å². The smallest absolute Gasteiger partial charge is 0.114 e. The van der Waals surface area contributed by atoms with Gasteiger partial charge in [0, 0.05) is 17.1 Å². The SMILES string of the molecule is Clc1ccnc(C#CC2CCCC2)c1. The fraction of sp³-hybridized carbons (Fsp3) is 0.417. The zero-order chi connectivity index (χ0) is 9.80. The molecule has 72 valence electrons. The Morgan fingerprint density at radius 2 is 2.14 bits per heavy atom. The second kappa shape index (κ2) is 4.48. The number of aromatic nitrogens is 1. The number of halogens is 1. The van der Waals surface area contributed by atoms with E-state index in [1.54, 1.807) is 12.3 Å². The van der Waals surface area contributed by atoms with Crippen LogP contribution in [0.5, 0.6) is 0 Å². The monoisotopic (exact) mass is 205 g/mol. The Kier molecular flexibility index (Phi) is 3.06. The zero-order valence-electron chi connectivity index (χ0n) is 7.96. The van der Waals surface area contributed by atoms with Crippen molar-refractivity contribution in [1.29, 1.82) is 0 Å². The van der Waals surface area contributed by atoms with Crippen LogP contribution in [-0.2, 0) is 0 Å².